The minimum atomic E-state index is -0.0215. The zero-order chi connectivity index (χ0) is 17.1. The average molecular weight is 365 g/mol. The fourth-order valence-electron chi connectivity index (χ4n) is 3.21. The summed E-state index contributed by atoms with van der Waals surface area (Å²) in [6.45, 7) is 0.406. The Morgan fingerprint density at radius 1 is 1.08 bits per heavy atom. The van der Waals surface area contributed by atoms with Gasteiger partial charge >= 0.3 is 0 Å². The van der Waals surface area contributed by atoms with Crippen molar-refractivity contribution in [2.75, 3.05) is 13.2 Å². The first-order valence-corrected chi connectivity index (χ1v) is 8.62. The van der Waals surface area contributed by atoms with Gasteiger partial charge in [-0.15, -0.1) is 0 Å². The lowest BCUT2D eigenvalue weighted by atomic mass is 9.77. The molecule has 2 aromatic rings. The third kappa shape index (κ3) is 3.56. The van der Waals surface area contributed by atoms with Crippen molar-refractivity contribution in [3.8, 4) is 5.75 Å². The zero-order valence-corrected chi connectivity index (χ0v) is 14.6. The minimum Gasteiger partial charge on any atom is -0.492 e. The van der Waals surface area contributed by atoms with Crippen molar-refractivity contribution in [2.24, 2.45) is 10.9 Å². The number of benzene rings is 2. The summed E-state index contributed by atoms with van der Waals surface area (Å²) in [6.07, 6.45) is 1.85. The Bertz CT molecular complexity index is 752. The Kier molecular flexibility index (Phi) is 5.39. The first-order valence-electron chi connectivity index (χ1n) is 7.86. The van der Waals surface area contributed by atoms with Crippen LogP contribution in [0.15, 0.2) is 41.6 Å². The molecule has 3 rings (SSSR count). The third-order valence-electron chi connectivity index (χ3n) is 4.40. The van der Waals surface area contributed by atoms with Crippen molar-refractivity contribution < 1.29 is 4.74 Å². The Balaban J connectivity index is 1.92. The highest BCUT2D eigenvalue weighted by Crippen LogP contribution is 2.42. The normalized spacial score (nSPS) is 19.6. The van der Waals surface area contributed by atoms with Crippen LogP contribution in [-0.2, 0) is 0 Å². The molecule has 2 N–H and O–H groups in total. The van der Waals surface area contributed by atoms with E-state index in [1.54, 1.807) is 0 Å². The quantitative estimate of drug-likeness (QED) is 0.595. The van der Waals surface area contributed by atoms with Gasteiger partial charge in [-0.25, -0.2) is 0 Å². The molecule has 0 aliphatic heterocycles. The Morgan fingerprint density at radius 2 is 1.92 bits per heavy atom. The third-order valence-corrected chi connectivity index (χ3v) is 5.14. The maximum absolute atomic E-state index is 10.2. The van der Waals surface area contributed by atoms with Crippen LogP contribution in [-0.4, -0.2) is 13.2 Å². The van der Waals surface area contributed by atoms with Crippen LogP contribution >= 0.6 is 23.2 Å². The van der Waals surface area contributed by atoms with Crippen molar-refractivity contribution in [2.45, 2.75) is 24.8 Å². The summed E-state index contributed by atoms with van der Waals surface area (Å²) in [5, 5.41) is 3.92. The molecule has 4 nitrogen and oxygen atoms in total. The molecule has 0 radical (unpaired) electrons. The van der Waals surface area contributed by atoms with Crippen LogP contribution in [0.4, 0.5) is 0 Å². The van der Waals surface area contributed by atoms with Crippen LogP contribution in [0.25, 0.3) is 0 Å². The molecule has 2 aromatic carbocycles. The summed E-state index contributed by atoms with van der Waals surface area (Å²) < 4.78 is 5.55. The number of nitroso groups, excluding NO2 is 1. The molecule has 2 unspecified atom stereocenters. The van der Waals surface area contributed by atoms with E-state index in [0.717, 1.165) is 24.0 Å². The second-order valence-corrected chi connectivity index (χ2v) is 6.72. The van der Waals surface area contributed by atoms with E-state index in [2.05, 4.69) is 5.18 Å². The number of fused-ring (bicyclic) bond motifs is 1. The zero-order valence-electron chi connectivity index (χ0n) is 13.0. The van der Waals surface area contributed by atoms with Gasteiger partial charge in [-0.1, -0.05) is 40.5 Å². The van der Waals surface area contributed by atoms with Crippen molar-refractivity contribution in [1.29, 1.82) is 0 Å². The molecule has 1 aliphatic carbocycles. The van der Waals surface area contributed by atoms with Crippen LogP contribution in [0.5, 0.6) is 5.75 Å². The van der Waals surface area contributed by atoms with Gasteiger partial charge in [-0.2, -0.15) is 4.91 Å². The van der Waals surface area contributed by atoms with E-state index in [4.69, 9.17) is 33.7 Å². The van der Waals surface area contributed by atoms with Crippen molar-refractivity contribution in [1.82, 2.24) is 0 Å². The standard InChI is InChI=1S/C18H18Cl2N2O2/c19-16-5-1-11(9-17(16)20)13-4-6-18(21)15-10-12(2-3-14(13)15)24-8-7-22-23/h1-3,5,9-10,13,18H,4,6-8,21H2. The molecule has 0 spiro atoms. The van der Waals surface area contributed by atoms with Crippen molar-refractivity contribution in [3.05, 3.63) is 68.0 Å². The largest absolute Gasteiger partial charge is 0.492 e. The van der Waals surface area contributed by atoms with Gasteiger partial charge in [0.25, 0.3) is 0 Å². The number of nitrogens with zero attached hydrogens (tertiary/aromatic N) is 1. The van der Waals surface area contributed by atoms with Gasteiger partial charge < -0.3 is 10.5 Å². The highest BCUT2D eigenvalue weighted by atomic mass is 35.5. The SMILES string of the molecule is NC1CCC(c2ccc(Cl)c(Cl)c2)c2ccc(OCCN=O)cc21. The minimum absolute atomic E-state index is 0.0215. The lowest BCUT2D eigenvalue weighted by Gasteiger charge is -2.30. The fraction of sp³-hybridized carbons (Fsp3) is 0.333. The van der Waals surface area contributed by atoms with Crippen molar-refractivity contribution >= 4 is 23.2 Å². The summed E-state index contributed by atoms with van der Waals surface area (Å²) in [5.74, 6) is 0.947. The van der Waals surface area contributed by atoms with Gasteiger partial charge in [0, 0.05) is 12.0 Å². The Labute approximate surface area is 150 Å². The molecule has 2 atom stereocenters. The fourth-order valence-corrected chi connectivity index (χ4v) is 3.52. The van der Waals surface area contributed by atoms with Gasteiger partial charge in [-0.05, 0) is 53.8 Å². The van der Waals surface area contributed by atoms with Gasteiger partial charge in [0.1, 0.15) is 18.9 Å². The summed E-state index contributed by atoms with van der Waals surface area (Å²) in [4.78, 5) is 10.2. The van der Waals surface area contributed by atoms with Gasteiger partial charge in [0.05, 0.1) is 10.0 Å². The van der Waals surface area contributed by atoms with Gasteiger partial charge in [0.15, 0.2) is 0 Å². The van der Waals surface area contributed by atoms with Gasteiger partial charge in [-0.3, -0.25) is 0 Å². The van der Waals surface area contributed by atoms with E-state index >= 15 is 0 Å². The van der Waals surface area contributed by atoms with Crippen LogP contribution in [0.3, 0.4) is 0 Å². The summed E-state index contributed by atoms with van der Waals surface area (Å²) in [7, 11) is 0. The molecule has 0 bridgehead atoms. The van der Waals surface area contributed by atoms with E-state index in [0.29, 0.717) is 15.8 Å². The van der Waals surface area contributed by atoms with Crippen LogP contribution in [0.2, 0.25) is 10.0 Å². The molecule has 24 heavy (non-hydrogen) atoms. The summed E-state index contributed by atoms with van der Waals surface area (Å²) >= 11 is 12.2. The van der Waals surface area contributed by atoms with Crippen LogP contribution in [0, 0.1) is 4.91 Å². The van der Waals surface area contributed by atoms with Gasteiger partial charge in [0.2, 0.25) is 0 Å². The molecule has 0 saturated carbocycles. The molecule has 0 fully saturated rings. The highest BCUT2D eigenvalue weighted by molar-refractivity contribution is 6.42. The molecule has 0 aromatic heterocycles. The first kappa shape index (κ1) is 17.2. The maximum atomic E-state index is 10.2. The van der Waals surface area contributed by atoms with E-state index in [1.807, 2.05) is 36.4 Å². The van der Waals surface area contributed by atoms with E-state index in [-0.39, 0.29) is 25.1 Å². The molecule has 0 amide bonds. The number of nitrogens with two attached hydrogens (primary N) is 1. The molecule has 1 aliphatic rings. The Morgan fingerprint density at radius 3 is 2.67 bits per heavy atom. The number of hydrogen-bond donors (Lipinski definition) is 1. The molecule has 0 saturated heterocycles. The number of rotatable bonds is 5. The smallest absolute Gasteiger partial charge is 0.119 e. The monoisotopic (exact) mass is 364 g/mol. The predicted molar refractivity (Wildman–Crippen MR) is 97.1 cm³/mol. The lowest BCUT2D eigenvalue weighted by Crippen LogP contribution is -2.21. The second-order valence-electron chi connectivity index (χ2n) is 5.90. The summed E-state index contributed by atoms with van der Waals surface area (Å²) in [5.41, 5.74) is 9.69. The van der Waals surface area contributed by atoms with Crippen LogP contribution < -0.4 is 10.5 Å². The average Bonchev–Trinajstić information content (AvgIpc) is 2.58. The number of ether oxygens (including phenoxy) is 1. The van der Waals surface area contributed by atoms with Crippen molar-refractivity contribution in [3.63, 3.8) is 0 Å². The number of halogens is 2. The Hall–Kier alpha value is -1.62. The van der Waals surface area contributed by atoms with Crippen LogP contribution in [0.1, 0.15) is 41.5 Å². The van der Waals surface area contributed by atoms with E-state index in [9.17, 15) is 4.91 Å². The molecule has 6 heteroatoms. The highest BCUT2D eigenvalue weighted by Gasteiger charge is 2.27. The molecule has 0 heterocycles. The first-order chi connectivity index (χ1) is 11.6. The summed E-state index contributed by atoms with van der Waals surface area (Å²) in [6, 6.07) is 11.7. The maximum Gasteiger partial charge on any atom is 0.119 e. The predicted octanol–water partition coefficient (Wildman–Crippen LogP) is 5.06. The topological polar surface area (TPSA) is 64.7 Å². The van der Waals surface area contributed by atoms with E-state index in [1.165, 1.54) is 5.56 Å². The van der Waals surface area contributed by atoms with E-state index < -0.39 is 0 Å². The second kappa shape index (κ2) is 7.51. The lowest BCUT2D eigenvalue weighted by molar-refractivity contribution is 0.327. The number of hydrogen-bond acceptors (Lipinski definition) is 4. The molecule has 126 valence electrons. The molecular formula is C18H18Cl2N2O2. The molecular weight excluding hydrogens is 347 g/mol.